The zero-order valence-electron chi connectivity index (χ0n) is 49.3. The second-order valence-corrected chi connectivity index (χ2v) is 23.8. The van der Waals surface area contributed by atoms with Crippen LogP contribution in [0.25, 0.3) is 0 Å². The molecule has 4 fully saturated rings. The molecule has 1 aromatic heterocycles. The minimum atomic E-state index is -2.47. The molecule has 1 saturated carbocycles. The van der Waals surface area contributed by atoms with E-state index in [2.05, 4.69) is 10.3 Å². The number of nitrogens with zero attached hydrogens (tertiary/aromatic N) is 4. The number of cyclic esters (lactones) is 1. The number of allylic oxidation sites excluding steroid dienone is 6. The fraction of sp³-hybridized carbons (Fsp3) is 0.750. The Morgan fingerprint density at radius 2 is 1.57 bits per heavy atom. The van der Waals surface area contributed by atoms with Crippen LogP contribution in [0, 0.1) is 35.5 Å². The Morgan fingerprint density at radius 1 is 0.827 bits per heavy atom. The topological polar surface area (TPSA) is 285 Å². The highest BCUT2D eigenvalue weighted by atomic mass is 16.7. The third-order valence-corrected chi connectivity index (χ3v) is 17.6. The lowest BCUT2D eigenvalue weighted by atomic mass is 9.77. The van der Waals surface area contributed by atoms with Crippen LogP contribution < -0.4 is 0 Å². The minimum absolute atomic E-state index is 0.00806. The molecule has 1 aliphatic carbocycles. The van der Waals surface area contributed by atoms with Crippen LogP contribution in [0.3, 0.4) is 0 Å². The molecule has 81 heavy (non-hydrogen) atoms. The summed E-state index contributed by atoms with van der Waals surface area (Å²) in [6.07, 6.45) is 6.82. The lowest BCUT2D eigenvalue weighted by molar-refractivity contribution is -0.296. The molecule has 21 heteroatoms. The maximum absolute atomic E-state index is 14.7. The summed E-state index contributed by atoms with van der Waals surface area (Å²) < 4.78 is 43.1. The number of carbonyl (C=O) groups excluding carboxylic acids is 5. The van der Waals surface area contributed by atoms with E-state index < -0.39 is 114 Å². The van der Waals surface area contributed by atoms with E-state index in [-0.39, 0.29) is 61.5 Å². The standard InChI is InChI=1S/C60H92N4O17/c1-33-17-13-12-14-18-34(2)47(75-9)29-43-22-20-39(7)60(74,81-43)56(71)57(72)63-24-16-15-19-45(63)58(73)80-48(30-46(65)35(3)26-38(6)51(67)55(77-11)50(66)37(5)25-33)36(4)27-41-21-23-44(49(28-41)76-10)64-31-42(61-62-64)32-78-59-54(70)53(69)52(68)40(8)79-59/h12-14,17-18,26,31,33,35-37,39-41,43-45,47-49,51-55,59,67-70,74H,15-16,19-25,27-30,32H2,1-11H3/b14-12+,17-13+,34-18+,38-26+/t33-,35-,36-,37-,39-,40+,41+,43+,44+,45+,47?,48+,49-,51-,52-,53-,54+,55?,59-,60-/m1/s1. The summed E-state index contributed by atoms with van der Waals surface area (Å²) in [5, 5.41) is 63.0. The van der Waals surface area contributed by atoms with Gasteiger partial charge >= 0.3 is 5.97 Å². The summed E-state index contributed by atoms with van der Waals surface area (Å²) in [6, 6.07) is -1.41. The number of aliphatic hydroxyl groups is 5. The number of esters is 1. The van der Waals surface area contributed by atoms with Crippen LogP contribution in [0.1, 0.15) is 144 Å². The van der Waals surface area contributed by atoms with Gasteiger partial charge in [-0.3, -0.25) is 19.2 Å². The number of amides is 1. The zero-order chi connectivity index (χ0) is 59.5. The van der Waals surface area contributed by atoms with Crippen LogP contribution in [0.5, 0.6) is 0 Å². The van der Waals surface area contributed by atoms with Gasteiger partial charge in [-0.2, -0.15) is 0 Å². The fourth-order valence-corrected chi connectivity index (χ4v) is 12.3. The van der Waals surface area contributed by atoms with Crippen LogP contribution in [-0.4, -0.2) is 182 Å². The largest absolute Gasteiger partial charge is 0.460 e. The van der Waals surface area contributed by atoms with Crippen molar-refractivity contribution in [2.75, 3.05) is 27.9 Å². The number of hydrogen-bond acceptors (Lipinski definition) is 19. The molecule has 2 unspecified atom stereocenters. The van der Waals surface area contributed by atoms with Crippen molar-refractivity contribution in [2.45, 2.75) is 224 Å². The lowest BCUT2D eigenvalue weighted by Gasteiger charge is -2.42. The molecule has 21 nitrogen and oxygen atoms in total. The van der Waals surface area contributed by atoms with E-state index in [0.717, 1.165) is 5.57 Å². The number of ether oxygens (including phenoxy) is 7. The number of hydrogen-bond donors (Lipinski definition) is 5. The molecule has 6 rings (SSSR count). The molecule has 1 aromatic rings. The van der Waals surface area contributed by atoms with Crippen LogP contribution in [0.2, 0.25) is 0 Å². The number of aromatic nitrogens is 3. The Labute approximate surface area is 477 Å². The van der Waals surface area contributed by atoms with Gasteiger partial charge < -0.3 is 63.6 Å². The fourth-order valence-electron chi connectivity index (χ4n) is 12.3. The maximum atomic E-state index is 14.7. The average molecular weight is 1140 g/mol. The predicted octanol–water partition coefficient (Wildman–Crippen LogP) is 5.00. The van der Waals surface area contributed by atoms with Gasteiger partial charge in [0.25, 0.3) is 11.7 Å². The highest BCUT2D eigenvalue weighted by molar-refractivity contribution is 6.39. The van der Waals surface area contributed by atoms with Crippen molar-refractivity contribution in [3.05, 3.63) is 59.5 Å². The molecule has 454 valence electrons. The zero-order valence-corrected chi connectivity index (χ0v) is 49.3. The van der Waals surface area contributed by atoms with E-state index in [1.54, 1.807) is 65.8 Å². The van der Waals surface area contributed by atoms with E-state index >= 15 is 0 Å². The second-order valence-electron chi connectivity index (χ2n) is 23.8. The SMILES string of the molecule is COC1C[C@@H]2CC[C@@H](C)[C@@](O)(O2)C(=O)C(=O)N2CCCC[C@H]2C(=O)O[C@H]([C@H](C)C[C@@H]2CC[C@H](n3cc(CO[C@@H]4O[C@@H](C)[C@@H](O)[C@@H](O)[C@@H]4O)nn3)[C@H](OC)C2)CC(=O)[C@H](C)/C=C(\C)[C@@H](O)C(OC)C(=O)[C@H](C)C[C@H](C)/C=C/C=C/C=C/1C. The number of carbonyl (C=O) groups is 5. The smallest absolute Gasteiger partial charge is 0.329 e. The molecule has 4 aliphatic heterocycles. The Morgan fingerprint density at radius 3 is 2.27 bits per heavy atom. The number of piperidine rings is 1. The number of rotatable bonds is 10. The van der Waals surface area contributed by atoms with Gasteiger partial charge in [-0.15, -0.1) is 5.10 Å². The van der Waals surface area contributed by atoms with Gasteiger partial charge in [-0.25, -0.2) is 9.48 Å². The molecule has 0 radical (unpaired) electrons. The van der Waals surface area contributed by atoms with Gasteiger partial charge in [0.05, 0.1) is 43.3 Å². The molecule has 3 saturated heterocycles. The third-order valence-electron chi connectivity index (χ3n) is 17.6. The third kappa shape index (κ3) is 16.5. The van der Waals surface area contributed by atoms with Gasteiger partial charge in [-0.1, -0.05) is 76.3 Å². The molecule has 1 amide bonds. The van der Waals surface area contributed by atoms with E-state index in [1.165, 1.54) is 12.0 Å². The van der Waals surface area contributed by atoms with Crippen LogP contribution in [0.4, 0.5) is 0 Å². The van der Waals surface area contributed by atoms with Crippen molar-refractivity contribution >= 4 is 29.2 Å². The number of aliphatic hydroxyl groups excluding tert-OH is 4. The highest BCUT2D eigenvalue weighted by Crippen LogP contribution is 2.40. The molecule has 5 N–H and O–H groups in total. The number of fused-ring (bicyclic) bond motifs is 3. The van der Waals surface area contributed by atoms with Crippen molar-refractivity contribution < 1.29 is 82.7 Å². The molecule has 0 spiro atoms. The van der Waals surface area contributed by atoms with Crippen LogP contribution in [-0.2, 0) is 63.7 Å². The van der Waals surface area contributed by atoms with Crippen molar-refractivity contribution in [2.24, 2.45) is 35.5 Å². The summed E-state index contributed by atoms with van der Waals surface area (Å²) in [5.74, 6) is -8.45. The van der Waals surface area contributed by atoms with Gasteiger partial charge in [0.15, 0.2) is 12.1 Å². The Balaban J connectivity index is 1.24. The first-order valence-electron chi connectivity index (χ1n) is 29.1. The summed E-state index contributed by atoms with van der Waals surface area (Å²) in [5.41, 5.74) is 1.66. The summed E-state index contributed by atoms with van der Waals surface area (Å²) in [4.78, 5) is 73.0. The molecule has 5 aliphatic rings. The van der Waals surface area contributed by atoms with Crippen molar-refractivity contribution in [1.29, 1.82) is 0 Å². The van der Waals surface area contributed by atoms with E-state index in [4.69, 9.17) is 33.2 Å². The number of Topliss-reactive ketones (excluding diaryl/α,β-unsaturated/α-hetero) is 3. The van der Waals surface area contributed by atoms with Gasteiger partial charge in [-0.05, 0) is 114 Å². The first-order chi connectivity index (χ1) is 38.4. The van der Waals surface area contributed by atoms with Crippen LogP contribution in [0.15, 0.2) is 53.8 Å². The van der Waals surface area contributed by atoms with E-state index in [9.17, 15) is 49.5 Å². The monoisotopic (exact) mass is 1140 g/mol. The molecule has 5 heterocycles. The van der Waals surface area contributed by atoms with E-state index in [0.29, 0.717) is 75.5 Å². The molecular weight excluding hydrogens is 1050 g/mol. The maximum Gasteiger partial charge on any atom is 0.329 e. The van der Waals surface area contributed by atoms with E-state index in [1.807, 2.05) is 51.2 Å². The Bertz CT molecular complexity index is 2410. The van der Waals surface area contributed by atoms with Crippen molar-refractivity contribution in [1.82, 2.24) is 19.9 Å². The molecule has 0 aromatic carbocycles. The molecule has 2 bridgehead atoms. The van der Waals surface area contributed by atoms with Gasteiger partial charge in [0.1, 0.15) is 54.1 Å². The quantitative estimate of drug-likeness (QED) is 0.117. The molecule has 20 atom stereocenters. The lowest BCUT2D eigenvalue weighted by Crippen LogP contribution is -2.61. The average Bonchev–Trinajstić information content (AvgIpc) is 4.07. The van der Waals surface area contributed by atoms with Gasteiger partial charge in [0, 0.05) is 58.5 Å². The summed E-state index contributed by atoms with van der Waals surface area (Å²) in [7, 11) is 4.55. The summed E-state index contributed by atoms with van der Waals surface area (Å²) >= 11 is 0. The normalized spacial score (nSPS) is 40.5. The van der Waals surface area contributed by atoms with Crippen molar-refractivity contribution in [3.8, 4) is 0 Å². The van der Waals surface area contributed by atoms with Crippen molar-refractivity contribution in [3.63, 3.8) is 0 Å². The minimum Gasteiger partial charge on any atom is -0.460 e. The number of methoxy groups -OCH3 is 3. The first kappa shape index (κ1) is 65.8. The second kappa shape index (κ2) is 29.9. The Hall–Kier alpha value is -4.39. The first-order valence-corrected chi connectivity index (χ1v) is 29.1. The number of ketones is 3. The van der Waals surface area contributed by atoms with Gasteiger partial charge in [0.2, 0.25) is 5.79 Å². The highest BCUT2D eigenvalue weighted by Gasteiger charge is 2.53. The predicted molar refractivity (Wildman–Crippen MR) is 295 cm³/mol. The molecular formula is C60H92N4O17. The Kier molecular flexibility index (Phi) is 24.3. The van der Waals surface area contributed by atoms with Crippen LogP contribution >= 0.6 is 0 Å². The summed E-state index contributed by atoms with van der Waals surface area (Å²) in [6.45, 7) is 14.1.